The molecule has 2 atom stereocenters. The van der Waals surface area contributed by atoms with Crippen LogP contribution in [-0.4, -0.2) is 53.6 Å². The Labute approximate surface area is 96.0 Å². The minimum absolute atomic E-state index is 0.00118. The van der Waals surface area contributed by atoms with E-state index in [4.69, 9.17) is 5.11 Å². The second-order valence-electron chi connectivity index (χ2n) is 4.71. The third kappa shape index (κ3) is 3.12. The zero-order valence-electron chi connectivity index (χ0n) is 10.1. The maximum atomic E-state index is 11.9. The summed E-state index contributed by atoms with van der Waals surface area (Å²) in [5.74, 6) is 0.177. The Bertz CT molecular complexity index is 270. The zero-order chi connectivity index (χ0) is 12.3. The first kappa shape index (κ1) is 12.8. The van der Waals surface area contributed by atoms with Crippen molar-refractivity contribution in [3.8, 4) is 0 Å². The largest absolute Gasteiger partial charge is 0.481 e. The zero-order valence-corrected chi connectivity index (χ0v) is 10.1. The molecule has 1 N–H and O–H groups in total. The van der Waals surface area contributed by atoms with Crippen molar-refractivity contribution in [2.45, 2.75) is 20.3 Å². The molecule has 0 aromatic carbocycles. The van der Waals surface area contributed by atoms with Gasteiger partial charge in [0.15, 0.2) is 0 Å². The van der Waals surface area contributed by atoms with Gasteiger partial charge in [0.25, 0.3) is 0 Å². The lowest BCUT2D eigenvalue weighted by Gasteiger charge is -2.24. The van der Waals surface area contributed by atoms with E-state index in [2.05, 4.69) is 13.8 Å². The molecule has 0 aliphatic carbocycles. The van der Waals surface area contributed by atoms with Crippen LogP contribution in [0.1, 0.15) is 20.3 Å². The van der Waals surface area contributed by atoms with E-state index >= 15 is 0 Å². The average molecular weight is 228 g/mol. The first-order valence-electron chi connectivity index (χ1n) is 5.63. The SMILES string of the molecule is CC1CN(C(=O)N(C)CCC(=O)O)CC1C. The Morgan fingerprint density at radius 3 is 2.25 bits per heavy atom. The molecule has 16 heavy (non-hydrogen) atoms. The molecular formula is C11H20N2O3. The Hall–Kier alpha value is -1.26. The molecule has 5 nitrogen and oxygen atoms in total. The number of carbonyl (C=O) groups is 2. The quantitative estimate of drug-likeness (QED) is 0.787. The summed E-state index contributed by atoms with van der Waals surface area (Å²) in [6, 6.07) is -0.0579. The lowest BCUT2D eigenvalue weighted by molar-refractivity contribution is -0.137. The van der Waals surface area contributed by atoms with Gasteiger partial charge in [0.2, 0.25) is 0 Å². The summed E-state index contributed by atoms with van der Waals surface area (Å²) in [5.41, 5.74) is 0. The first-order valence-corrected chi connectivity index (χ1v) is 5.63. The molecule has 2 amide bonds. The first-order chi connectivity index (χ1) is 7.41. The number of nitrogens with zero attached hydrogens (tertiary/aromatic N) is 2. The van der Waals surface area contributed by atoms with Crippen LogP contribution in [0, 0.1) is 11.8 Å². The van der Waals surface area contributed by atoms with Gasteiger partial charge < -0.3 is 14.9 Å². The molecule has 1 aliphatic heterocycles. The highest BCUT2D eigenvalue weighted by Crippen LogP contribution is 2.22. The number of amides is 2. The van der Waals surface area contributed by atoms with E-state index in [1.165, 1.54) is 4.90 Å². The Morgan fingerprint density at radius 1 is 1.31 bits per heavy atom. The van der Waals surface area contributed by atoms with E-state index in [1.54, 1.807) is 11.9 Å². The fourth-order valence-electron chi connectivity index (χ4n) is 1.89. The van der Waals surface area contributed by atoms with Gasteiger partial charge in [0.1, 0.15) is 0 Å². The minimum Gasteiger partial charge on any atom is -0.481 e. The molecule has 1 saturated heterocycles. The number of likely N-dealkylation sites (tertiary alicyclic amines) is 1. The van der Waals surface area contributed by atoms with Gasteiger partial charge in [0, 0.05) is 26.7 Å². The number of carbonyl (C=O) groups excluding carboxylic acids is 1. The van der Waals surface area contributed by atoms with Gasteiger partial charge in [-0.05, 0) is 11.8 Å². The third-order valence-electron chi connectivity index (χ3n) is 3.25. The maximum absolute atomic E-state index is 11.9. The van der Waals surface area contributed by atoms with Gasteiger partial charge in [-0.2, -0.15) is 0 Å². The number of carboxylic acid groups (broad SMARTS) is 1. The summed E-state index contributed by atoms with van der Waals surface area (Å²) in [6.07, 6.45) is 0.00118. The van der Waals surface area contributed by atoms with Crippen molar-refractivity contribution >= 4 is 12.0 Å². The predicted octanol–water partition coefficient (Wildman–Crippen LogP) is 1.10. The van der Waals surface area contributed by atoms with Crippen LogP contribution in [0.4, 0.5) is 4.79 Å². The molecular weight excluding hydrogens is 208 g/mol. The third-order valence-corrected chi connectivity index (χ3v) is 3.25. The summed E-state index contributed by atoms with van der Waals surface area (Å²) in [4.78, 5) is 25.6. The van der Waals surface area contributed by atoms with Gasteiger partial charge in [-0.25, -0.2) is 4.79 Å². The molecule has 92 valence electrons. The molecule has 0 aromatic rings. The van der Waals surface area contributed by atoms with Gasteiger partial charge in [0.05, 0.1) is 6.42 Å². The van der Waals surface area contributed by atoms with Crippen LogP contribution in [-0.2, 0) is 4.79 Å². The van der Waals surface area contributed by atoms with Crippen LogP contribution in [0.3, 0.4) is 0 Å². The maximum Gasteiger partial charge on any atom is 0.319 e. The van der Waals surface area contributed by atoms with E-state index in [0.717, 1.165) is 13.1 Å². The molecule has 2 unspecified atom stereocenters. The number of rotatable bonds is 3. The topological polar surface area (TPSA) is 60.9 Å². The molecule has 0 bridgehead atoms. The Morgan fingerprint density at radius 2 is 1.81 bits per heavy atom. The van der Waals surface area contributed by atoms with Gasteiger partial charge >= 0.3 is 12.0 Å². The molecule has 5 heteroatoms. The Kier molecular flexibility index (Phi) is 4.15. The van der Waals surface area contributed by atoms with Gasteiger partial charge in [-0.3, -0.25) is 4.79 Å². The summed E-state index contributed by atoms with van der Waals surface area (Å²) in [7, 11) is 1.65. The van der Waals surface area contributed by atoms with Crippen molar-refractivity contribution in [3.05, 3.63) is 0 Å². The van der Waals surface area contributed by atoms with Gasteiger partial charge in [-0.15, -0.1) is 0 Å². The second-order valence-corrected chi connectivity index (χ2v) is 4.71. The molecule has 0 aromatic heterocycles. The fraction of sp³-hybridized carbons (Fsp3) is 0.818. The van der Waals surface area contributed by atoms with Crippen molar-refractivity contribution in [2.75, 3.05) is 26.7 Å². The van der Waals surface area contributed by atoms with E-state index in [-0.39, 0.29) is 19.0 Å². The lowest BCUT2D eigenvalue weighted by atomic mass is 10.0. The van der Waals surface area contributed by atoms with Crippen molar-refractivity contribution < 1.29 is 14.7 Å². The van der Waals surface area contributed by atoms with Gasteiger partial charge in [-0.1, -0.05) is 13.8 Å². The highest BCUT2D eigenvalue weighted by molar-refractivity contribution is 5.75. The summed E-state index contributed by atoms with van der Waals surface area (Å²) < 4.78 is 0. The smallest absolute Gasteiger partial charge is 0.319 e. The Balaban J connectivity index is 2.42. The lowest BCUT2D eigenvalue weighted by Crippen LogP contribution is -2.40. The van der Waals surface area contributed by atoms with Crippen LogP contribution >= 0.6 is 0 Å². The average Bonchev–Trinajstić information content (AvgIpc) is 2.54. The van der Waals surface area contributed by atoms with Crippen molar-refractivity contribution in [2.24, 2.45) is 11.8 Å². The molecule has 1 aliphatic rings. The van der Waals surface area contributed by atoms with E-state index in [1.807, 2.05) is 0 Å². The van der Waals surface area contributed by atoms with E-state index in [0.29, 0.717) is 11.8 Å². The highest BCUT2D eigenvalue weighted by Gasteiger charge is 2.30. The van der Waals surface area contributed by atoms with Crippen molar-refractivity contribution in [3.63, 3.8) is 0 Å². The van der Waals surface area contributed by atoms with Crippen molar-refractivity contribution in [1.82, 2.24) is 9.80 Å². The summed E-state index contributed by atoms with van der Waals surface area (Å²) >= 11 is 0. The standard InChI is InChI=1S/C11H20N2O3/c1-8-6-13(7-9(8)2)11(16)12(3)5-4-10(14)15/h8-9H,4-7H2,1-3H3,(H,14,15). The van der Waals surface area contributed by atoms with Crippen molar-refractivity contribution in [1.29, 1.82) is 0 Å². The molecule has 1 fully saturated rings. The number of aliphatic carboxylic acids is 1. The number of hydrogen-bond acceptors (Lipinski definition) is 2. The minimum atomic E-state index is -0.872. The number of urea groups is 1. The van der Waals surface area contributed by atoms with Crippen LogP contribution in [0.25, 0.3) is 0 Å². The van der Waals surface area contributed by atoms with E-state index < -0.39 is 5.97 Å². The molecule has 1 rings (SSSR count). The predicted molar refractivity (Wildman–Crippen MR) is 60.2 cm³/mol. The summed E-state index contributed by atoms with van der Waals surface area (Å²) in [5, 5.41) is 8.54. The normalized spacial score (nSPS) is 24.6. The monoisotopic (exact) mass is 228 g/mol. The highest BCUT2D eigenvalue weighted by atomic mass is 16.4. The van der Waals surface area contributed by atoms with Crippen LogP contribution < -0.4 is 0 Å². The molecule has 0 saturated carbocycles. The molecule has 0 spiro atoms. The summed E-state index contributed by atoms with van der Waals surface area (Å²) in [6.45, 7) is 6.09. The van der Waals surface area contributed by atoms with Crippen LogP contribution in [0.2, 0.25) is 0 Å². The second kappa shape index (κ2) is 5.18. The number of hydrogen-bond donors (Lipinski definition) is 1. The fourth-order valence-corrected chi connectivity index (χ4v) is 1.89. The van der Waals surface area contributed by atoms with E-state index in [9.17, 15) is 9.59 Å². The van der Waals surface area contributed by atoms with Crippen LogP contribution in [0.15, 0.2) is 0 Å². The molecule has 0 radical (unpaired) electrons. The number of carboxylic acids is 1. The molecule has 1 heterocycles. The van der Waals surface area contributed by atoms with Crippen LogP contribution in [0.5, 0.6) is 0 Å².